The molecule has 7 heteroatoms. The molecule has 0 bridgehead atoms. The number of hydrogen-bond acceptors (Lipinski definition) is 2. The molecule has 2 unspecified atom stereocenters. The van der Waals surface area contributed by atoms with Gasteiger partial charge in [-0.05, 0) is 36.7 Å². The first-order valence-corrected chi connectivity index (χ1v) is 8.23. The summed E-state index contributed by atoms with van der Waals surface area (Å²) in [6.45, 7) is 0.624. The molecule has 0 spiro atoms. The lowest BCUT2D eigenvalue weighted by atomic mass is 9.88. The predicted octanol–water partition coefficient (Wildman–Crippen LogP) is 3.96. The second-order valence-electron chi connectivity index (χ2n) is 6.70. The van der Waals surface area contributed by atoms with Gasteiger partial charge in [0, 0.05) is 18.7 Å². The Hall–Kier alpha value is -1.92. The number of fused-ring (bicyclic) bond motifs is 1. The lowest BCUT2D eigenvalue weighted by molar-refractivity contribution is -0.274. The molecule has 0 saturated heterocycles. The minimum atomic E-state index is -4.75. The van der Waals surface area contributed by atoms with E-state index in [1.165, 1.54) is 43.9 Å². The number of alkyl halides is 3. The van der Waals surface area contributed by atoms with Gasteiger partial charge in [0.1, 0.15) is 5.75 Å². The Morgan fingerprint density at radius 1 is 1.25 bits per heavy atom. The maximum absolute atomic E-state index is 12.4. The first-order valence-electron chi connectivity index (χ1n) is 8.23. The van der Waals surface area contributed by atoms with Gasteiger partial charge in [-0.3, -0.25) is 0 Å². The molecule has 4 nitrogen and oxygen atoms in total. The van der Waals surface area contributed by atoms with Gasteiger partial charge >= 0.3 is 12.4 Å². The van der Waals surface area contributed by atoms with Crippen LogP contribution in [-0.2, 0) is 6.54 Å². The van der Waals surface area contributed by atoms with Crippen LogP contribution in [0.2, 0.25) is 0 Å². The zero-order chi connectivity index (χ0) is 17.2. The third-order valence-electron chi connectivity index (χ3n) is 5.07. The maximum atomic E-state index is 12.4. The van der Waals surface area contributed by atoms with E-state index in [0.29, 0.717) is 6.54 Å². The summed E-state index contributed by atoms with van der Waals surface area (Å²) in [6, 6.07) is 5.44. The maximum Gasteiger partial charge on any atom is 0.573 e. The molecule has 2 saturated carbocycles. The van der Waals surface area contributed by atoms with Crippen LogP contribution in [0.3, 0.4) is 0 Å². The van der Waals surface area contributed by atoms with Gasteiger partial charge in [-0.2, -0.15) is 0 Å². The molecule has 0 aromatic heterocycles. The van der Waals surface area contributed by atoms with E-state index in [1.807, 2.05) is 0 Å². The van der Waals surface area contributed by atoms with Crippen LogP contribution in [0.15, 0.2) is 24.3 Å². The Bertz CT molecular complexity index is 606. The lowest BCUT2D eigenvalue weighted by Gasteiger charge is -2.22. The molecule has 2 aliphatic rings. The van der Waals surface area contributed by atoms with Gasteiger partial charge in [0.05, 0.1) is 0 Å². The molecule has 0 aliphatic heterocycles. The first kappa shape index (κ1) is 16.9. The Morgan fingerprint density at radius 2 is 2.04 bits per heavy atom. The van der Waals surface area contributed by atoms with Crippen LogP contribution in [0.5, 0.6) is 5.75 Å². The number of carbonyl (C=O) groups is 1. The highest BCUT2D eigenvalue weighted by Gasteiger charge is 2.54. The molecule has 1 aromatic carbocycles. The van der Waals surface area contributed by atoms with E-state index < -0.39 is 6.36 Å². The molecule has 2 aliphatic carbocycles. The van der Waals surface area contributed by atoms with Crippen molar-refractivity contribution in [1.29, 1.82) is 0 Å². The third kappa shape index (κ3) is 4.13. The standard InChI is InChI=1S/C17H21F3N2O2/c18-17(19,20)24-14-7-2-1-5-12(14)10-21-15(23)22-11-16-8-4-3-6-13(16)9-16/h1-2,5,7,13H,3-4,6,8-11H2,(H2,21,22,23). The summed E-state index contributed by atoms with van der Waals surface area (Å²) in [5, 5.41) is 5.46. The fourth-order valence-corrected chi connectivity index (χ4v) is 3.69. The van der Waals surface area contributed by atoms with E-state index in [1.54, 1.807) is 6.07 Å². The Labute approximate surface area is 138 Å². The van der Waals surface area contributed by atoms with Crippen LogP contribution in [-0.4, -0.2) is 18.9 Å². The van der Waals surface area contributed by atoms with Crippen LogP contribution >= 0.6 is 0 Å². The van der Waals surface area contributed by atoms with Crippen LogP contribution in [0.25, 0.3) is 0 Å². The Balaban J connectivity index is 1.48. The second kappa shape index (κ2) is 6.53. The Morgan fingerprint density at radius 3 is 2.79 bits per heavy atom. The summed E-state index contributed by atoms with van der Waals surface area (Å²) in [5.41, 5.74) is 0.553. The van der Waals surface area contributed by atoms with Crippen molar-refractivity contribution in [3.05, 3.63) is 29.8 Å². The highest BCUT2D eigenvalue weighted by atomic mass is 19.4. The van der Waals surface area contributed by atoms with Gasteiger partial charge in [-0.1, -0.05) is 31.0 Å². The van der Waals surface area contributed by atoms with Crippen molar-refractivity contribution in [2.75, 3.05) is 6.54 Å². The fraction of sp³-hybridized carbons (Fsp3) is 0.588. The molecule has 0 radical (unpaired) electrons. The number of carbonyl (C=O) groups excluding carboxylic acids is 1. The number of amides is 2. The first-order chi connectivity index (χ1) is 11.4. The fourth-order valence-electron chi connectivity index (χ4n) is 3.69. The average molecular weight is 342 g/mol. The summed E-state index contributed by atoms with van der Waals surface area (Å²) in [7, 11) is 0. The molecule has 0 heterocycles. The van der Waals surface area contributed by atoms with Crippen molar-refractivity contribution in [2.45, 2.75) is 45.0 Å². The number of hydrogen-bond donors (Lipinski definition) is 2. The van der Waals surface area contributed by atoms with Crippen molar-refractivity contribution < 1.29 is 22.7 Å². The number of ether oxygens (including phenoxy) is 1. The molecule has 2 N–H and O–H groups in total. The summed E-state index contributed by atoms with van der Waals surface area (Å²) in [4.78, 5) is 11.9. The normalized spacial score (nSPS) is 25.5. The van der Waals surface area contributed by atoms with Crippen LogP contribution < -0.4 is 15.4 Å². The van der Waals surface area contributed by atoms with E-state index in [4.69, 9.17) is 0 Å². The predicted molar refractivity (Wildman–Crippen MR) is 82.4 cm³/mol. The average Bonchev–Trinajstić information content (AvgIpc) is 3.25. The van der Waals surface area contributed by atoms with Crippen LogP contribution in [0.1, 0.15) is 37.7 Å². The molecular formula is C17H21F3N2O2. The molecular weight excluding hydrogens is 321 g/mol. The third-order valence-corrected chi connectivity index (χ3v) is 5.07. The van der Waals surface area contributed by atoms with Crippen molar-refractivity contribution in [3.8, 4) is 5.75 Å². The number of halogens is 3. The van der Waals surface area contributed by atoms with E-state index in [9.17, 15) is 18.0 Å². The molecule has 2 fully saturated rings. The zero-order valence-corrected chi connectivity index (χ0v) is 13.3. The molecule has 2 amide bonds. The highest BCUT2D eigenvalue weighted by Crippen LogP contribution is 2.60. The minimum absolute atomic E-state index is 0.0193. The number of nitrogens with one attached hydrogen (secondary N) is 2. The van der Waals surface area contributed by atoms with Gasteiger partial charge in [0.25, 0.3) is 0 Å². The summed E-state index contributed by atoms with van der Waals surface area (Å²) in [6.07, 6.45) is 1.30. The molecule has 24 heavy (non-hydrogen) atoms. The van der Waals surface area contributed by atoms with Gasteiger partial charge in [0.2, 0.25) is 0 Å². The number of urea groups is 1. The van der Waals surface area contributed by atoms with E-state index in [2.05, 4.69) is 15.4 Å². The van der Waals surface area contributed by atoms with Gasteiger partial charge < -0.3 is 15.4 Å². The van der Waals surface area contributed by atoms with E-state index in [0.717, 1.165) is 12.3 Å². The Kier molecular flexibility index (Phi) is 4.60. The van der Waals surface area contributed by atoms with Gasteiger partial charge in [0.15, 0.2) is 0 Å². The molecule has 132 valence electrons. The van der Waals surface area contributed by atoms with Crippen molar-refractivity contribution in [3.63, 3.8) is 0 Å². The molecule has 2 atom stereocenters. The quantitative estimate of drug-likeness (QED) is 0.851. The van der Waals surface area contributed by atoms with Crippen LogP contribution in [0.4, 0.5) is 18.0 Å². The molecule has 3 rings (SSSR count). The van der Waals surface area contributed by atoms with Crippen LogP contribution in [0, 0.1) is 11.3 Å². The number of para-hydroxylation sites is 1. The van der Waals surface area contributed by atoms with Crippen molar-refractivity contribution in [1.82, 2.24) is 10.6 Å². The topological polar surface area (TPSA) is 50.4 Å². The largest absolute Gasteiger partial charge is 0.573 e. The van der Waals surface area contributed by atoms with E-state index in [-0.39, 0.29) is 29.3 Å². The lowest BCUT2D eigenvalue weighted by Crippen LogP contribution is -2.39. The van der Waals surface area contributed by atoms with E-state index >= 15 is 0 Å². The smallest absolute Gasteiger partial charge is 0.405 e. The summed E-state index contributed by atoms with van der Waals surface area (Å²) < 4.78 is 41.1. The van der Waals surface area contributed by atoms with Gasteiger partial charge in [-0.15, -0.1) is 13.2 Å². The van der Waals surface area contributed by atoms with Crippen molar-refractivity contribution in [2.24, 2.45) is 11.3 Å². The number of rotatable bonds is 5. The molecule has 1 aromatic rings. The highest BCUT2D eigenvalue weighted by molar-refractivity contribution is 5.74. The summed E-state index contributed by atoms with van der Waals surface area (Å²) >= 11 is 0. The minimum Gasteiger partial charge on any atom is -0.405 e. The zero-order valence-electron chi connectivity index (χ0n) is 13.3. The SMILES string of the molecule is O=C(NCc1ccccc1OC(F)(F)F)NCC12CCCCC1C2. The van der Waals surface area contributed by atoms with Gasteiger partial charge in [-0.25, -0.2) is 4.79 Å². The number of benzene rings is 1. The second-order valence-corrected chi connectivity index (χ2v) is 6.70. The monoisotopic (exact) mass is 342 g/mol. The summed E-state index contributed by atoms with van der Waals surface area (Å²) in [5.74, 6) is 0.436. The van der Waals surface area contributed by atoms with Crippen molar-refractivity contribution >= 4 is 6.03 Å².